The van der Waals surface area contributed by atoms with Gasteiger partial charge in [0.25, 0.3) is 5.56 Å². The second-order valence-corrected chi connectivity index (χ2v) is 8.51. The number of aromatic nitrogens is 2. The molecule has 4 heterocycles. The van der Waals surface area contributed by atoms with Crippen molar-refractivity contribution >= 4 is 17.2 Å². The maximum atomic E-state index is 12.4. The standard InChI is InChI=1S/C22H23ClN4O/c1-25-10-16-11-26(14-19(16)22(25)15-5-3-2-4-6-15)13-18-9-21(28)27-12-17(23)7-8-20(27)24-18/h2-9,12,16,19,22H,10-11,13-14H2,1H3/t16-,19+,22-/m0/s1. The van der Waals surface area contributed by atoms with Crippen molar-refractivity contribution in [3.63, 3.8) is 0 Å². The number of likely N-dealkylation sites (tertiary alicyclic amines) is 2. The summed E-state index contributed by atoms with van der Waals surface area (Å²) in [5, 5.41) is 0.535. The molecule has 0 aliphatic carbocycles. The van der Waals surface area contributed by atoms with Gasteiger partial charge in [-0.2, -0.15) is 0 Å². The van der Waals surface area contributed by atoms with Crippen LogP contribution >= 0.6 is 11.6 Å². The predicted molar refractivity (Wildman–Crippen MR) is 111 cm³/mol. The predicted octanol–water partition coefficient (Wildman–Crippen LogP) is 3.08. The van der Waals surface area contributed by atoms with Gasteiger partial charge in [-0.15, -0.1) is 0 Å². The molecule has 2 fully saturated rings. The van der Waals surface area contributed by atoms with Crippen LogP contribution in [0.5, 0.6) is 0 Å². The molecule has 0 bridgehead atoms. The molecule has 2 aromatic heterocycles. The Kier molecular flexibility index (Phi) is 4.46. The summed E-state index contributed by atoms with van der Waals surface area (Å²) < 4.78 is 1.50. The van der Waals surface area contributed by atoms with Gasteiger partial charge in [-0.1, -0.05) is 41.9 Å². The van der Waals surface area contributed by atoms with E-state index in [0.717, 1.165) is 25.3 Å². The van der Waals surface area contributed by atoms with Crippen molar-refractivity contribution in [3.05, 3.63) is 81.4 Å². The van der Waals surface area contributed by atoms with Gasteiger partial charge in [0.2, 0.25) is 0 Å². The largest absolute Gasteiger partial charge is 0.299 e. The fraction of sp³-hybridized carbons (Fsp3) is 0.364. The Morgan fingerprint density at radius 3 is 2.75 bits per heavy atom. The fourth-order valence-electron chi connectivity index (χ4n) is 5.07. The zero-order valence-electron chi connectivity index (χ0n) is 15.8. The molecule has 5 rings (SSSR count). The molecule has 6 heteroatoms. The monoisotopic (exact) mass is 394 g/mol. The topological polar surface area (TPSA) is 40.9 Å². The van der Waals surface area contributed by atoms with E-state index in [-0.39, 0.29) is 5.56 Å². The zero-order valence-corrected chi connectivity index (χ0v) is 16.6. The summed E-state index contributed by atoms with van der Waals surface area (Å²) in [6, 6.07) is 16.5. The van der Waals surface area contributed by atoms with E-state index in [1.54, 1.807) is 24.4 Å². The van der Waals surface area contributed by atoms with Crippen LogP contribution in [0.4, 0.5) is 0 Å². The van der Waals surface area contributed by atoms with Crippen LogP contribution < -0.4 is 5.56 Å². The SMILES string of the molecule is CN1C[C@H]2CN(Cc3cc(=O)n4cc(Cl)ccc4n3)C[C@H]2[C@@H]1c1ccccc1. The Bertz CT molecular complexity index is 1070. The molecule has 2 aliphatic rings. The first-order valence-corrected chi connectivity index (χ1v) is 10.1. The Balaban J connectivity index is 1.37. The Hall–Kier alpha value is -2.21. The van der Waals surface area contributed by atoms with Crippen LogP contribution in [-0.2, 0) is 6.54 Å². The third-order valence-corrected chi connectivity index (χ3v) is 6.40. The van der Waals surface area contributed by atoms with Crippen LogP contribution in [-0.4, -0.2) is 45.9 Å². The summed E-state index contributed by atoms with van der Waals surface area (Å²) in [7, 11) is 2.23. The molecule has 2 aliphatic heterocycles. The molecule has 28 heavy (non-hydrogen) atoms. The molecule has 5 nitrogen and oxygen atoms in total. The number of benzene rings is 1. The Morgan fingerprint density at radius 1 is 1.11 bits per heavy atom. The third-order valence-electron chi connectivity index (χ3n) is 6.17. The molecule has 3 atom stereocenters. The molecule has 0 radical (unpaired) electrons. The van der Waals surface area contributed by atoms with E-state index < -0.39 is 0 Å². The second-order valence-electron chi connectivity index (χ2n) is 8.07. The Morgan fingerprint density at radius 2 is 1.93 bits per heavy atom. The van der Waals surface area contributed by atoms with Crippen molar-refractivity contribution < 1.29 is 0 Å². The number of pyridine rings is 1. The Labute approximate surface area is 169 Å². The maximum absolute atomic E-state index is 12.4. The summed E-state index contributed by atoms with van der Waals surface area (Å²) in [6.45, 7) is 3.93. The minimum Gasteiger partial charge on any atom is -0.299 e. The van der Waals surface area contributed by atoms with Crippen molar-refractivity contribution in [2.75, 3.05) is 26.7 Å². The second kappa shape index (κ2) is 6.99. The molecule has 0 saturated carbocycles. The number of nitrogens with zero attached hydrogens (tertiary/aromatic N) is 4. The lowest BCUT2D eigenvalue weighted by Crippen LogP contribution is -2.29. The number of rotatable bonds is 3. The molecule has 2 saturated heterocycles. The normalized spacial score (nSPS) is 25.4. The van der Waals surface area contributed by atoms with E-state index in [4.69, 9.17) is 11.6 Å². The van der Waals surface area contributed by atoms with Gasteiger partial charge in [0, 0.05) is 44.5 Å². The van der Waals surface area contributed by atoms with Crippen LogP contribution in [0, 0.1) is 11.8 Å². The minimum atomic E-state index is -0.0798. The lowest BCUT2D eigenvalue weighted by molar-refractivity contribution is 0.223. The van der Waals surface area contributed by atoms with Gasteiger partial charge in [-0.05, 0) is 36.6 Å². The average Bonchev–Trinajstić information content (AvgIpc) is 3.18. The van der Waals surface area contributed by atoms with Crippen LogP contribution in [0.15, 0.2) is 59.5 Å². The first-order valence-electron chi connectivity index (χ1n) is 9.74. The highest BCUT2D eigenvalue weighted by Gasteiger charge is 2.45. The highest BCUT2D eigenvalue weighted by atomic mass is 35.5. The summed E-state index contributed by atoms with van der Waals surface area (Å²) >= 11 is 6.00. The number of hydrogen-bond acceptors (Lipinski definition) is 4. The van der Waals surface area contributed by atoms with Gasteiger partial charge >= 0.3 is 0 Å². The molecule has 0 unspecified atom stereocenters. The molecular formula is C22H23ClN4O. The molecule has 0 spiro atoms. The maximum Gasteiger partial charge on any atom is 0.258 e. The van der Waals surface area contributed by atoms with E-state index in [1.807, 2.05) is 0 Å². The highest BCUT2D eigenvalue weighted by molar-refractivity contribution is 6.30. The van der Waals surface area contributed by atoms with Gasteiger partial charge in [0.05, 0.1) is 10.7 Å². The summed E-state index contributed by atoms with van der Waals surface area (Å²) in [6.07, 6.45) is 1.62. The summed E-state index contributed by atoms with van der Waals surface area (Å²) in [5.74, 6) is 1.28. The summed E-state index contributed by atoms with van der Waals surface area (Å²) in [5.41, 5.74) is 2.80. The van der Waals surface area contributed by atoms with Crippen molar-refractivity contribution in [2.45, 2.75) is 12.6 Å². The summed E-state index contributed by atoms with van der Waals surface area (Å²) in [4.78, 5) is 22.1. The quantitative estimate of drug-likeness (QED) is 0.684. The molecule has 0 amide bonds. The van der Waals surface area contributed by atoms with Gasteiger partial charge < -0.3 is 0 Å². The minimum absolute atomic E-state index is 0.0798. The van der Waals surface area contributed by atoms with Gasteiger partial charge in [0.15, 0.2) is 0 Å². The van der Waals surface area contributed by atoms with E-state index in [9.17, 15) is 4.79 Å². The van der Waals surface area contributed by atoms with E-state index in [0.29, 0.717) is 35.1 Å². The molecule has 144 valence electrons. The fourth-order valence-corrected chi connectivity index (χ4v) is 5.23. The lowest BCUT2D eigenvalue weighted by Gasteiger charge is -2.26. The van der Waals surface area contributed by atoms with Crippen molar-refractivity contribution in [2.24, 2.45) is 11.8 Å². The number of hydrogen-bond donors (Lipinski definition) is 0. The van der Waals surface area contributed by atoms with E-state index in [1.165, 1.54) is 9.96 Å². The van der Waals surface area contributed by atoms with E-state index >= 15 is 0 Å². The van der Waals surface area contributed by atoms with Crippen molar-refractivity contribution in [1.29, 1.82) is 0 Å². The lowest BCUT2D eigenvalue weighted by atomic mass is 9.90. The van der Waals surface area contributed by atoms with Crippen LogP contribution in [0.25, 0.3) is 5.65 Å². The van der Waals surface area contributed by atoms with Gasteiger partial charge in [-0.25, -0.2) is 4.98 Å². The molecule has 0 N–H and O–H groups in total. The van der Waals surface area contributed by atoms with Crippen molar-refractivity contribution in [1.82, 2.24) is 19.2 Å². The number of halogens is 1. The van der Waals surface area contributed by atoms with E-state index in [2.05, 4.69) is 52.2 Å². The van der Waals surface area contributed by atoms with Crippen LogP contribution in [0.2, 0.25) is 5.02 Å². The van der Waals surface area contributed by atoms with Crippen LogP contribution in [0.3, 0.4) is 0 Å². The third kappa shape index (κ3) is 3.13. The smallest absolute Gasteiger partial charge is 0.258 e. The zero-order chi connectivity index (χ0) is 19.3. The van der Waals surface area contributed by atoms with Gasteiger partial charge in [0.1, 0.15) is 5.65 Å². The average molecular weight is 395 g/mol. The van der Waals surface area contributed by atoms with Crippen molar-refractivity contribution in [3.8, 4) is 0 Å². The number of fused-ring (bicyclic) bond motifs is 2. The van der Waals surface area contributed by atoms with Gasteiger partial charge in [-0.3, -0.25) is 19.0 Å². The highest BCUT2D eigenvalue weighted by Crippen LogP contribution is 2.44. The van der Waals surface area contributed by atoms with Crippen LogP contribution in [0.1, 0.15) is 17.3 Å². The molecule has 3 aromatic rings. The molecular weight excluding hydrogens is 372 g/mol. The first-order chi connectivity index (χ1) is 13.6. The first kappa shape index (κ1) is 17.9. The molecule has 1 aromatic carbocycles.